The second-order valence-corrected chi connectivity index (χ2v) is 8.38. The van der Waals surface area contributed by atoms with E-state index in [1.54, 1.807) is 0 Å². The van der Waals surface area contributed by atoms with Crippen molar-refractivity contribution in [2.45, 2.75) is 110 Å². The minimum atomic E-state index is -0.701. The van der Waals surface area contributed by atoms with Crippen molar-refractivity contribution in [3.05, 3.63) is 0 Å². The first-order valence-electron chi connectivity index (χ1n) is 11.8. The lowest BCUT2D eigenvalue weighted by atomic mass is 10.0. The lowest BCUT2D eigenvalue weighted by Gasteiger charge is -2.31. The van der Waals surface area contributed by atoms with Gasteiger partial charge < -0.3 is 5.11 Å². The molecule has 0 aromatic rings. The maximum absolute atomic E-state index is 11.2. The van der Waals surface area contributed by atoms with E-state index in [-0.39, 0.29) is 6.54 Å². The van der Waals surface area contributed by atoms with Gasteiger partial charge in [0, 0.05) is 6.42 Å². The number of unbranched alkanes of at least 4 members (excludes halogenated alkanes) is 13. The molecule has 1 N–H and O–H groups in total. The van der Waals surface area contributed by atoms with Crippen molar-refractivity contribution in [2.75, 3.05) is 26.2 Å². The molecular weight excluding hydrogens is 336 g/mol. The molecule has 0 amide bonds. The molecule has 0 saturated heterocycles. The Labute approximate surface area is 168 Å². The van der Waals surface area contributed by atoms with Gasteiger partial charge in [-0.05, 0) is 13.3 Å². The van der Waals surface area contributed by atoms with E-state index in [1.165, 1.54) is 83.5 Å². The fourth-order valence-electron chi connectivity index (χ4n) is 4.33. The summed E-state index contributed by atoms with van der Waals surface area (Å²) in [6, 6.07) is 0. The zero-order chi connectivity index (χ0) is 19.8. The Kier molecular flexibility index (Phi) is 13.5. The van der Waals surface area contributed by atoms with E-state index in [0.29, 0.717) is 4.48 Å². The van der Waals surface area contributed by atoms with Crippen LogP contribution in [0.5, 0.6) is 0 Å². The first-order chi connectivity index (χ1) is 13.1. The standard InChI is InChI=1S/C23H44N2O2/c1-3-5-6-7-8-9-10-11-12-13-14-15-16-17-18-22-24-19-20-25(22,4-2)21-23(26)27/h3-21H2,1-2H3/p+1. The number of aliphatic carboxylic acids is 1. The van der Waals surface area contributed by atoms with Crippen LogP contribution in [0, 0.1) is 0 Å². The topological polar surface area (TPSA) is 49.7 Å². The SMILES string of the molecule is CCCCCCCCCCCCCCCCC1=NCC[N+]1(CC)CC(=O)O. The number of carboxylic acid groups (broad SMARTS) is 1. The van der Waals surface area contributed by atoms with Crippen molar-refractivity contribution in [2.24, 2.45) is 4.99 Å². The fraction of sp³-hybridized carbons (Fsp3) is 0.913. The van der Waals surface area contributed by atoms with Crippen molar-refractivity contribution >= 4 is 11.8 Å². The van der Waals surface area contributed by atoms with E-state index >= 15 is 0 Å². The average Bonchev–Trinajstić information content (AvgIpc) is 3.04. The molecule has 1 rings (SSSR count). The van der Waals surface area contributed by atoms with Gasteiger partial charge in [-0.3, -0.25) is 4.48 Å². The molecule has 27 heavy (non-hydrogen) atoms. The highest BCUT2D eigenvalue weighted by Gasteiger charge is 2.38. The summed E-state index contributed by atoms with van der Waals surface area (Å²) in [5.74, 6) is 0.436. The van der Waals surface area contributed by atoms with Crippen molar-refractivity contribution in [1.82, 2.24) is 0 Å². The van der Waals surface area contributed by atoms with Gasteiger partial charge in [-0.2, -0.15) is 0 Å². The molecule has 158 valence electrons. The van der Waals surface area contributed by atoms with Gasteiger partial charge in [0.05, 0.1) is 13.1 Å². The predicted octanol–water partition coefficient (Wildman–Crippen LogP) is 6.19. The zero-order valence-corrected chi connectivity index (χ0v) is 18.2. The van der Waals surface area contributed by atoms with Crippen LogP contribution in [0.25, 0.3) is 0 Å². The number of amidine groups is 1. The normalized spacial score (nSPS) is 19.4. The summed E-state index contributed by atoms with van der Waals surface area (Å²) in [4.78, 5) is 15.8. The third-order valence-electron chi connectivity index (χ3n) is 6.17. The fourth-order valence-corrected chi connectivity index (χ4v) is 4.33. The summed E-state index contributed by atoms with van der Waals surface area (Å²) in [6.45, 7) is 7.10. The third kappa shape index (κ3) is 10.3. The highest BCUT2D eigenvalue weighted by atomic mass is 16.4. The molecule has 1 heterocycles. The van der Waals surface area contributed by atoms with Crippen LogP contribution in [0.2, 0.25) is 0 Å². The molecule has 1 aliphatic rings. The molecule has 4 heteroatoms. The van der Waals surface area contributed by atoms with Gasteiger partial charge >= 0.3 is 5.97 Å². The highest BCUT2D eigenvalue weighted by molar-refractivity contribution is 5.80. The Bertz CT molecular complexity index is 423. The largest absolute Gasteiger partial charge is 0.477 e. The van der Waals surface area contributed by atoms with Crippen LogP contribution < -0.4 is 0 Å². The van der Waals surface area contributed by atoms with Crippen molar-refractivity contribution in [1.29, 1.82) is 0 Å². The summed E-state index contributed by atoms with van der Waals surface area (Å²) < 4.78 is 0.591. The maximum atomic E-state index is 11.2. The number of carboxylic acids is 1. The summed E-state index contributed by atoms with van der Waals surface area (Å²) in [5, 5.41) is 9.21. The van der Waals surface area contributed by atoms with Crippen LogP contribution >= 0.6 is 0 Å². The first-order valence-corrected chi connectivity index (χ1v) is 11.8. The van der Waals surface area contributed by atoms with Crippen LogP contribution in [0.3, 0.4) is 0 Å². The number of hydrogen-bond donors (Lipinski definition) is 1. The number of hydrogen-bond acceptors (Lipinski definition) is 2. The van der Waals surface area contributed by atoms with E-state index in [4.69, 9.17) is 0 Å². The molecule has 0 radical (unpaired) electrons. The van der Waals surface area contributed by atoms with E-state index < -0.39 is 5.97 Å². The van der Waals surface area contributed by atoms with Gasteiger partial charge in [0.2, 0.25) is 0 Å². The molecule has 0 bridgehead atoms. The number of likely N-dealkylation sites (N-methyl/N-ethyl adjacent to an activating group) is 1. The van der Waals surface area contributed by atoms with E-state index in [1.807, 2.05) is 0 Å². The van der Waals surface area contributed by atoms with Crippen LogP contribution in [-0.2, 0) is 4.79 Å². The van der Waals surface area contributed by atoms with E-state index in [9.17, 15) is 9.90 Å². The smallest absolute Gasteiger partial charge is 0.359 e. The zero-order valence-electron chi connectivity index (χ0n) is 18.2. The van der Waals surface area contributed by atoms with Gasteiger partial charge in [0.15, 0.2) is 12.4 Å². The van der Waals surface area contributed by atoms with Crippen LogP contribution in [0.15, 0.2) is 4.99 Å². The lowest BCUT2D eigenvalue weighted by molar-refractivity contribution is -0.826. The molecule has 0 saturated carbocycles. The van der Waals surface area contributed by atoms with Gasteiger partial charge in [0.25, 0.3) is 0 Å². The monoisotopic (exact) mass is 381 g/mol. The molecule has 0 aromatic heterocycles. The molecule has 4 nitrogen and oxygen atoms in total. The van der Waals surface area contributed by atoms with Crippen LogP contribution in [0.1, 0.15) is 110 Å². The predicted molar refractivity (Wildman–Crippen MR) is 115 cm³/mol. The Hall–Kier alpha value is -0.900. The van der Waals surface area contributed by atoms with Gasteiger partial charge in [-0.1, -0.05) is 90.4 Å². The van der Waals surface area contributed by atoms with Crippen molar-refractivity contribution < 1.29 is 14.4 Å². The molecule has 1 aliphatic heterocycles. The summed E-state index contributed by atoms with van der Waals surface area (Å²) in [5.41, 5.74) is 0. The summed E-state index contributed by atoms with van der Waals surface area (Å²) >= 11 is 0. The van der Waals surface area contributed by atoms with E-state index in [0.717, 1.165) is 38.3 Å². The molecule has 0 aliphatic carbocycles. The number of rotatable bonds is 18. The Morgan fingerprint density at radius 2 is 1.33 bits per heavy atom. The lowest BCUT2D eigenvalue weighted by Crippen LogP contribution is -2.53. The second-order valence-electron chi connectivity index (χ2n) is 8.38. The molecule has 0 spiro atoms. The number of quaternary nitrogens is 1. The molecular formula is C23H45N2O2+. The van der Waals surface area contributed by atoms with Gasteiger partial charge in [-0.25, -0.2) is 9.79 Å². The molecule has 0 fully saturated rings. The Morgan fingerprint density at radius 3 is 1.78 bits per heavy atom. The minimum absolute atomic E-state index is 0.202. The van der Waals surface area contributed by atoms with Crippen LogP contribution in [0.4, 0.5) is 0 Å². The summed E-state index contributed by atoms with van der Waals surface area (Å²) in [7, 11) is 0. The molecule has 0 aromatic carbocycles. The van der Waals surface area contributed by atoms with Gasteiger partial charge in [0.1, 0.15) is 6.54 Å². The average molecular weight is 382 g/mol. The molecule has 1 atom stereocenters. The van der Waals surface area contributed by atoms with Crippen molar-refractivity contribution in [3.63, 3.8) is 0 Å². The van der Waals surface area contributed by atoms with E-state index in [2.05, 4.69) is 18.8 Å². The number of carbonyl (C=O) groups is 1. The Morgan fingerprint density at radius 1 is 0.852 bits per heavy atom. The van der Waals surface area contributed by atoms with Crippen molar-refractivity contribution in [3.8, 4) is 0 Å². The van der Waals surface area contributed by atoms with Crippen LogP contribution in [-0.4, -0.2) is 47.6 Å². The highest BCUT2D eigenvalue weighted by Crippen LogP contribution is 2.20. The quantitative estimate of drug-likeness (QED) is 0.227. The second kappa shape index (κ2) is 15.1. The third-order valence-corrected chi connectivity index (χ3v) is 6.17. The number of aliphatic imine (C=N–C) groups is 1. The Balaban J connectivity index is 1.96. The molecule has 1 unspecified atom stereocenters. The minimum Gasteiger partial charge on any atom is -0.477 e. The first kappa shape index (κ1) is 24.1. The number of nitrogens with zero attached hydrogens (tertiary/aromatic N) is 2. The summed E-state index contributed by atoms with van der Waals surface area (Å²) in [6.07, 6.45) is 20.2. The van der Waals surface area contributed by atoms with Gasteiger partial charge in [-0.15, -0.1) is 0 Å². The maximum Gasteiger partial charge on any atom is 0.359 e.